The fraction of sp³-hybridized carbons (Fsp3) is 0.300. The highest BCUT2D eigenvalue weighted by molar-refractivity contribution is 6.03. The van der Waals surface area contributed by atoms with Gasteiger partial charge in [-0.2, -0.15) is 0 Å². The number of fused-ring (bicyclic) bond motifs is 1. The summed E-state index contributed by atoms with van der Waals surface area (Å²) in [4.78, 5) is 24.2. The Morgan fingerprint density at radius 2 is 2.00 bits per heavy atom. The Balaban J connectivity index is 1.67. The van der Waals surface area contributed by atoms with E-state index in [0.717, 1.165) is 5.56 Å². The van der Waals surface area contributed by atoms with Crippen LogP contribution in [0.3, 0.4) is 0 Å². The number of ketones is 1. The summed E-state index contributed by atoms with van der Waals surface area (Å²) < 4.78 is 19.5. The number of carbonyl (C=O) groups excluding carboxylic acids is 2. The first-order chi connectivity index (χ1) is 12.0. The average Bonchev–Trinajstić information content (AvgIpc) is 2.90. The van der Waals surface area contributed by atoms with E-state index in [1.54, 1.807) is 0 Å². The second kappa shape index (κ2) is 7.05. The van der Waals surface area contributed by atoms with Gasteiger partial charge in [-0.3, -0.25) is 9.59 Å². The average molecular weight is 341 g/mol. The zero-order valence-corrected chi connectivity index (χ0v) is 14.2. The van der Waals surface area contributed by atoms with Crippen molar-refractivity contribution in [3.05, 3.63) is 65.0 Å². The lowest BCUT2D eigenvalue weighted by atomic mass is 10.0. The van der Waals surface area contributed by atoms with Gasteiger partial charge >= 0.3 is 0 Å². The molecule has 2 atom stereocenters. The molecule has 2 aromatic rings. The van der Waals surface area contributed by atoms with Crippen molar-refractivity contribution in [3.8, 4) is 5.75 Å². The maximum absolute atomic E-state index is 14.0. The van der Waals surface area contributed by atoms with E-state index in [9.17, 15) is 14.0 Å². The monoisotopic (exact) mass is 341 g/mol. The van der Waals surface area contributed by atoms with Crippen LogP contribution in [0.2, 0.25) is 0 Å². The van der Waals surface area contributed by atoms with E-state index >= 15 is 0 Å². The molecule has 1 amide bonds. The minimum Gasteiger partial charge on any atom is -0.483 e. The Bertz CT molecular complexity index is 804. The summed E-state index contributed by atoms with van der Waals surface area (Å²) in [6.45, 7) is 3.47. The van der Waals surface area contributed by atoms with E-state index in [0.29, 0.717) is 5.56 Å². The SMILES string of the molecule is C[C@@H]1CC(=O)c2c(OCC(=O)N[C@H](C)c3ccccc3)ccc(F)c21. The summed E-state index contributed by atoms with van der Waals surface area (Å²) in [6.07, 6.45) is 0.268. The van der Waals surface area contributed by atoms with Crippen LogP contribution in [-0.4, -0.2) is 18.3 Å². The predicted octanol–water partition coefficient (Wildman–Crippen LogP) is 3.77. The number of ether oxygens (including phenoxy) is 1. The Morgan fingerprint density at radius 1 is 1.28 bits per heavy atom. The summed E-state index contributed by atoms with van der Waals surface area (Å²) >= 11 is 0. The molecular formula is C20H20FNO3. The van der Waals surface area contributed by atoms with E-state index in [1.165, 1.54) is 12.1 Å². The zero-order chi connectivity index (χ0) is 18.0. The molecule has 0 saturated carbocycles. The fourth-order valence-electron chi connectivity index (χ4n) is 3.20. The molecular weight excluding hydrogens is 321 g/mol. The third kappa shape index (κ3) is 3.55. The molecule has 3 rings (SSSR count). The van der Waals surface area contributed by atoms with Crippen molar-refractivity contribution in [1.82, 2.24) is 5.32 Å². The van der Waals surface area contributed by atoms with Gasteiger partial charge < -0.3 is 10.1 Å². The normalized spacial score (nSPS) is 17.1. The van der Waals surface area contributed by atoms with Gasteiger partial charge in [0, 0.05) is 12.0 Å². The van der Waals surface area contributed by atoms with Crippen LogP contribution in [-0.2, 0) is 4.79 Å². The molecule has 0 bridgehead atoms. The largest absolute Gasteiger partial charge is 0.483 e. The van der Waals surface area contributed by atoms with Crippen molar-refractivity contribution in [1.29, 1.82) is 0 Å². The van der Waals surface area contributed by atoms with Gasteiger partial charge in [-0.15, -0.1) is 0 Å². The van der Waals surface area contributed by atoms with Gasteiger partial charge in [0.05, 0.1) is 11.6 Å². The summed E-state index contributed by atoms with van der Waals surface area (Å²) in [5.41, 5.74) is 1.65. The number of rotatable bonds is 5. The van der Waals surface area contributed by atoms with Crippen LogP contribution in [0.5, 0.6) is 5.75 Å². The predicted molar refractivity (Wildman–Crippen MR) is 92.3 cm³/mol. The molecule has 5 heteroatoms. The van der Waals surface area contributed by atoms with Crippen molar-refractivity contribution in [2.24, 2.45) is 0 Å². The number of carbonyl (C=O) groups is 2. The quantitative estimate of drug-likeness (QED) is 0.901. The molecule has 4 nitrogen and oxygen atoms in total. The van der Waals surface area contributed by atoms with Crippen LogP contribution >= 0.6 is 0 Å². The molecule has 1 N–H and O–H groups in total. The number of Topliss-reactive ketones (excluding diaryl/α,β-unsaturated/α-hetero) is 1. The smallest absolute Gasteiger partial charge is 0.258 e. The fourth-order valence-corrected chi connectivity index (χ4v) is 3.20. The second-order valence-electron chi connectivity index (χ2n) is 6.35. The highest BCUT2D eigenvalue weighted by atomic mass is 19.1. The van der Waals surface area contributed by atoms with Gasteiger partial charge in [0.25, 0.3) is 5.91 Å². The molecule has 0 saturated heterocycles. The van der Waals surface area contributed by atoms with Gasteiger partial charge in [0.15, 0.2) is 12.4 Å². The van der Waals surface area contributed by atoms with Crippen molar-refractivity contribution in [2.45, 2.75) is 32.2 Å². The van der Waals surface area contributed by atoms with Crippen molar-refractivity contribution in [3.63, 3.8) is 0 Å². The van der Waals surface area contributed by atoms with E-state index in [1.807, 2.05) is 44.2 Å². The van der Waals surface area contributed by atoms with Gasteiger partial charge in [-0.1, -0.05) is 37.3 Å². The first kappa shape index (κ1) is 17.1. The molecule has 0 heterocycles. The molecule has 1 aliphatic rings. The summed E-state index contributed by atoms with van der Waals surface area (Å²) in [7, 11) is 0. The van der Waals surface area contributed by atoms with E-state index in [-0.39, 0.29) is 48.0 Å². The van der Waals surface area contributed by atoms with E-state index < -0.39 is 5.82 Å². The third-order valence-electron chi connectivity index (χ3n) is 4.45. The Kier molecular flexibility index (Phi) is 4.83. The molecule has 0 aromatic heterocycles. The van der Waals surface area contributed by atoms with Crippen LogP contribution < -0.4 is 10.1 Å². The first-order valence-corrected chi connectivity index (χ1v) is 8.30. The standard InChI is InChI=1S/C20H20FNO3/c1-12-10-16(23)20-17(9-8-15(21)19(12)20)25-11-18(24)22-13(2)14-6-4-3-5-7-14/h3-9,12-13H,10-11H2,1-2H3,(H,22,24)/t12-,13-/m1/s1. The number of amides is 1. The summed E-state index contributed by atoms with van der Waals surface area (Å²) in [5, 5.41) is 2.84. The van der Waals surface area contributed by atoms with E-state index in [2.05, 4.69) is 5.32 Å². The lowest BCUT2D eigenvalue weighted by Crippen LogP contribution is -2.31. The van der Waals surface area contributed by atoms with Crippen LogP contribution in [0.1, 0.15) is 53.7 Å². The highest BCUT2D eigenvalue weighted by Crippen LogP contribution is 2.39. The third-order valence-corrected chi connectivity index (χ3v) is 4.45. The Labute approximate surface area is 146 Å². The van der Waals surface area contributed by atoms with Gasteiger partial charge in [0.1, 0.15) is 11.6 Å². The van der Waals surface area contributed by atoms with Crippen LogP contribution in [0.4, 0.5) is 4.39 Å². The maximum Gasteiger partial charge on any atom is 0.258 e. The molecule has 0 radical (unpaired) electrons. The molecule has 0 unspecified atom stereocenters. The maximum atomic E-state index is 14.0. The summed E-state index contributed by atoms with van der Waals surface area (Å²) in [6, 6.07) is 12.1. The van der Waals surface area contributed by atoms with Crippen molar-refractivity contribution in [2.75, 3.05) is 6.61 Å². The molecule has 0 aliphatic heterocycles. The number of hydrogen-bond acceptors (Lipinski definition) is 3. The Morgan fingerprint density at radius 3 is 2.72 bits per heavy atom. The molecule has 0 fully saturated rings. The van der Waals surface area contributed by atoms with Gasteiger partial charge in [-0.05, 0) is 30.5 Å². The molecule has 130 valence electrons. The molecule has 0 spiro atoms. The highest BCUT2D eigenvalue weighted by Gasteiger charge is 2.32. The topological polar surface area (TPSA) is 55.4 Å². The molecule has 25 heavy (non-hydrogen) atoms. The first-order valence-electron chi connectivity index (χ1n) is 8.30. The molecule has 2 aromatic carbocycles. The Hall–Kier alpha value is -2.69. The zero-order valence-electron chi connectivity index (χ0n) is 14.2. The van der Waals surface area contributed by atoms with Crippen LogP contribution in [0.25, 0.3) is 0 Å². The summed E-state index contributed by atoms with van der Waals surface area (Å²) in [5.74, 6) is -0.739. The van der Waals surface area contributed by atoms with Gasteiger partial charge in [-0.25, -0.2) is 4.39 Å². The number of hydrogen-bond donors (Lipinski definition) is 1. The lowest BCUT2D eigenvalue weighted by Gasteiger charge is -2.15. The molecule has 1 aliphatic carbocycles. The minimum absolute atomic E-state index is 0.143. The van der Waals surface area contributed by atoms with Crippen LogP contribution in [0.15, 0.2) is 42.5 Å². The minimum atomic E-state index is -0.400. The van der Waals surface area contributed by atoms with Gasteiger partial charge in [0.2, 0.25) is 0 Å². The number of halogens is 1. The van der Waals surface area contributed by atoms with Crippen molar-refractivity contribution < 1.29 is 18.7 Å². The lowest BCUT2D eigenvalue weighted by molar-refractivity contribution is -0.123. The van der Waals surface area contributed by atoms with E-state index in [4.69, 9.17) is 4.74 Å². The van der Waals surface area contributed by atoms with Crippen molar-refractivity contribution >= 4 is 11.7 Å². The second-order valence-corrected chi connectivity index (χ2v) is 6.35. The number of nitrogens with one attached hydrogen (secondary N) is 1. The number of benzene rings is 2. The van der Waals surface area contributed by atoms with Crippen LogP contribution in [0, 0.1) is 5.82 Å².